The molecule has 1 aliphatic heterocycles. The summed E-state index contributed by atoms with van der Waals surface area (Å²) in [5, 5.41) is 0. The minimum absolute atomic E-state index is 0.0766. The summed E-state index contributed by atoms with van der Waals surface area (Å²) in [5.41, 5.74) is 4.03. The summed E-state index contributed by atoms with van der Waals surface area (Å²) in [7, 11) is 0. The van der Waals surface area contributed by atoms with Crippen molar-refractivity contribution in [2.24, 2.45) is 0 Å². The van der Waals surface area contributed by atoms with E-state index in [2.05, 4.69) is 45.2 Å². The summed E-state index contributed by atoms with van der Waals surface area (Å²) in [6, 6.07) is 18.3. The highest BCUT2D eigenvalue weighted by atomic mass is 127. The molecule has 0 saturated carbocycles. The number of halogens is 3. The smallest absolute Gasteiger partial charge is 0.266 e. The molecule has 0 radical (unpaired) electrons. The maximum absolute atomic E-state index is 13.1. The normalized spacial score (nSPS) is 14.9. The van der Waals surface area contributed by atoms with E-state index in [0.717, 1.165) is 29.6 Å². The van der Waals surface area contributed by atoms with E-state index in [0.29, 0.717) is 22.4 Å². The number of thioether (sulfide) groups is 1. The van der Waals surface area contributed by atoms with E-state index >= 15 is 0 Å². The first-order chi connectivity index (χ1) is 15.8. The number of amides is 1. The number of hydrogen-bond donors (Lipinski definition) is 0. The van der Waals surface area contributed by atoms with Crippen molar-refractivity contribution in [3.63, 3.8) is 0 Å². The lowest BCUT2D eigenvalue weighted by molar-refractivity contribution is -0.122. The average molecular weight is 701 g/mol. The number of thiocarbonyl (C=S) groups is 1. The van der Waals surface area contributed by atoms with Gasteiger partial charge in [-0.05, 0) is 99.1 Å². The highest BCUT2D eigenvalue weighted by Crippen LogP contribution is 2.36. The molecule has 1 heterocycles. The molecule has 1 amide bonds. The first-order valence-electron chi connectivity index (χ1n) is 9.97. The van der Waals surface area contributed by atoms with Crippen molar-refractivity contribution in [3.05, 3.63) is 101 Å². The zero-order chi connectivity index (χ0) is 23.5. The molecule has 3 aromatic rings. The average Bonchev–Trinajstić information content (AvgIpc) is 3.03. The van der Waals surface area contributed by atoms with Gasteiger partial charge in [-0.25, -0.2) is 4.39 Å². The van der Waals surface area contributed by atoms with Crippen molar-refractivity contribution in [1.29, 1.82) is 0 Å². The molecule has 0 spiro atoms. The lowest BCUT2D eigenvalue weighted by Gasteiger charge is -2.14. The van der Waals surface area contributed by atoms with Crippen LogP contribution in [0.1, 0.15) is 22.3 Å². The molecular weight excluding hydrogens is 683 g/mol. The molecule has 1 aliphatic rings. The third kappa shape index (κ3) is 6.14. The monoisotopic (exact) mass is 701 g/mol. The molecule has 0 N–H and O–H groups in total. The van der Waals surface area contributed by atoms with Crippen LogP contribution in [-0.2, 0) is 17.9 Å². The van der Waals surface area contributed by atoms with Crippen molar-refractivity contribution in [2.45, 2.75) is 20.1 Å². The van der Waals surface area contributed by atoms with Gasteiger partial charge in [0.1, 0.15) is 22.5 Å². The Kier molecular flexibility index (Phi) is 8.08. The zero-order valence-electron chi connectivity index (χ0n) is 17.5. The summed E-state index contributed by atoms with van der Waals surface area (Å²) in [6.07, 6.45) is 1.88. The van der Waals surface area contributed by atoms with E-state index in [1.54, 1.807) is 17.0 Å². The third-order valence-corrected chi connectivity index (χ3v) is 7.93. The number of benzene rings is 3. The summed E-state index contributed by atoms with van der Waals surface area (Å²) < 4.78 is 21.5. The molecule has 1 fully saturated rings. The van der Waals surface area contributed by atoms with Crippen LogP contribution in [0.15, 0.2) is 65.6 Å². The van der Waals surface area contributed by atoms with Crippen LogP contribution in [-0.4, -0.2) is 15.1 Å². The largest absolute Gasteiger partial charge is 0.487 e. The molecule has 168 valence electrons. The number of aryl methyl sites for hydroxylation is 1. The Morgan fingerprint density at radius 2 is 1.64 bits per heavy atom. The summed E-state index contributed by atoms with van der Waals surface area (Å²) >= 11 is 11.3. The fourth-order valence-electron chi connectivity index (χ4n) is 3.20. The maximum atomic E-state index is 13.1. The summed E-state index contributed by atoms with van der Waals surface area (Å²) in [6.45, 7) is 2.85. The molecular formula is C25H18FI2NO2S2. The first-order valence-corrected chi connectivity index (χ1v) is 13.4. The molecule has 3 aromatic carbocycles. The molecule has 0 aromatic heterocycles. The van der Waals surface area contributed by atoms with Crippen LogP contribution < -0.4 is 4.74 Å². The van der Waals surface area contributed by atoms with Crippen LogP contribution in [0.4, 0.5) is 4.39 Å². The van der Waals surface area contributed by atoms with E-state index in [-0.39, 0.29) is 11.7 Å². The number of carbonyl (C=O) groups excluding carboxylic acids is 1. The lowest BCUT2D eigenvalue weighted by atomic mass is 10.1. The minimum atomic E-state index is -0.267. The second-order valence-corrected chi connectivity index (χ2v) is 11.5. The van der Waals surface area contributed by atoms with Gasteiger partial charge < -0.3 is 4.74 Å². The quantitative estimate of drug-likeness (QED) is 0.153. The van der Waals surface area contributed by atoms with Crippen molar-refractivity contribution in [2.75, 3.05) is 0 Å². The molecule has 8 heteroatoms. The Balaban J connectivity index is 1.49. The number of rotatable bonds is 6. The number of nitrogens with zero attached hydrogens (tertiary/aromatic N) is 1. The molecule has 33 heavy (non-hydrogen) atoms. The van der Waals surface area contributed by atoms with E-state index in [1.807, 2.05) is 49.4 Å². The molecule has 1 saturated heterocycles. The van der Waals surface area contributed by atoms with Gasteiger partial charge >= 0.3 is 0 Å². The van der Waals surface area contributed by atoms with Gasteiger partial charge in [-0.3, -0.25) is 9.69 Å². The second kappa shape index (κ2) is 10.8. The molecule has 0 atom stereocenters. The van der Waals surface area contributed by atoms with Crippen molar-refractivity contribution in [3.8, 4) is 5.75 Å². The van der Waals surface area contributed by atoms with Gasteiger partial charge in [-0.2, -0.15) is 0 Å². The van der Waals surface area contributed by atoms with Gasteiger partial charge in [0.25, 0.3) is 5.91 Å². The maximum Gasteiger partial charge on any atom is 0.266 e. The zero-order valence-corrected chi connectivity index (χ0v) is 23.4. The SMILES string of the molecule is Cc1ccc(CN2C(=O)/C(=C/c3cc(I)c(OCc4ccc(F)cc4)c(I)c3)SC2=S)cc1. The van der Waals surface area contributed by atoms with Gasteiger partial charge in [0.15, 0.2) is 0 Å². The Morgan fingerprint density at radius 3 is 2.27 bits per heavy atom. The van der Waals surface area contributed by atoms with Gasteiger partial charge in [0.2, 0.25) is 0 Å². The fourth-order valence-corrected chi connectivity index (χ4v) is 6.58. The van der Waals surface area contributed by atoms with E-state index in [9.17, 15) is 9.18 Å². The van der Waals surface area contributed by atoms with Gasteiger partial charge in [0.05, 0.1) is 18.6 Å². The Labute approximate surface area is 229 Å². The Hall–Kier alpha value is -1.50. The van der Waals surface area contributed by atoms with Crippen LogP contribution in [0.2, 0.25) is 0 Å². The highest BCUT2D eigenvalue weighted by molar-refractivity contribution is 14.1. The Bertz CT molecular complexity index is 1220. The van der Waals surface area contributed by atoms with Crippen LogP contribution in [0, 0.1) is 19.9 Å². The highest BCUT2D eigenvalue weighted by Gasteiger charge is 2.32. The van der Waals surface area contributed by atoms with E-state index in [4.69, 9.17) is 17.0 Å². The summed E-state index contributed by atoms with van der Waals surface area (Å²) in [5.74, 6) is 0.424. The molecule has 0 aliphatic carbocycles. The van der Waals surface area contributed by atoms with Gasteiger partial charge in [-0.15, -0.1) is 0 Å². The summed E-state index contributed by atoms with van der Waals surface area (Å²) in [4.78, 5) is 15.3. The Morgan fingerprint density at radius 1 is 1.03 bits per heavy atom. The van der Waals surface area contributed by atoms with Crippen LogP contribution in [0.3, 0.4) is 0 Å². The van der Waals surface area contributed by atoms with Crippen LogP contribution >= 0.6 is 69.2 Å². The number of carbonyl (C=O) groups is 1. The minimum Gasteiger partial charge on any atom is -0.487 e. The van der Waals surface area contributed by atoms with E-state index in [1.165, 1.54) is 29.5 Å². The third-order valence-electron chi connectivity index (χ3n) is 4.95. The predicted octanol–water partition coefficient (Wildman–Crippen LogP) is 7.32. The number of ether oxygens (including phenoxy) is 1. The van der Waals surface area contributed by atoms with Crippen molar-refractivity contribution in [1.82, 2.24) is 4.90 Å². The molecule has 4 rings (SSSR count). The van der Waals surface area contributed by atoms with Gasteiger partial charge in [0, 0.05) is 0 Å². The molecule has 0 bridgehead atoms. The second-order valence-electron chi connectivity index (χ2n) is 7.48. The predicted molar refractivity (Wildman–Crippen MR) is 153 cm³/mol. The van der Waals surface area contributed by atoms with Crippen LogP contribution in [0.25, 0.3) is 6.08 Å². The van der Waals surface area contributed by atoms with Gasteiger partial charge in [-0.1, -0.05) is 65.9 Å². The van der Waals surface area contributed by atoms with Crippen LogP contribution in [0.5, 0.6) is 5.75 Å². The topological polar surface area (TPSA) is 29.5 Å². The van der Waals surface area contributed by atoms with Crippen molar-refractivity contribution >= 4 is 85.5 Å². The van der Waals surface area contributed by atoms with E-state index < -0.39 is 0 Å². The standard InChI is InChI=1S/C25H18FI2NO2S2/c1-15-2-4-16(5-3-15)13-29-24(30)22(33-25(29)32)12-18-10-20(27)23(21(28)11-18)31-14-17-6-8-19(26)9-7-17/h2-12H,13-14H2,1H3/b22-12-. The van der Waals surface area contributed by atoms with Crippen molar-refractivity contribution < 1.29 is 13.9 Å². The first kappa shape index (κ1) is 24.6. The number of hydrogen-bond acceptors (Lipinski definition) is 4. The fraction of sp³-hybridized carbons (Fsp3) is 0.120. The molecule has 0 unspecified atom stereocenters. The lowest BCUT2D eigenvalue weighted by Crippen LogP contribution is -2.27. The molecule has 3 nitrogen and oxygen atoms in total.